The minimum absolute atomic E-state index is 0.310. The molecule has 132 valence electrons. The van der Waals surface area contributed by atoms with Gasteiger partial charge in [0, 0.05) is 23.5 Å². The lowest BCUT2D eigenvalue weighted by Gasteiger charge is -2.14. The lowest BCUT2D eigenvalue weighted by molar-refractivity contribution is 0.0526. The Hall–Kier alpha value is -2.63. The SMILES string of the molecule is CCOC(=O)c1ccc(Nc2cc(C)nc(NC3CCCC3)n2)cc1. The summed E-state index contributed by atoms with van der Waals surface area (Å²) in [7, 11) is 0. The minimum atomic E-state index is -0.310. The number of aromatic nitrogens is 2. The van der Waals surface area contributed by atoms with E-state index in [2.05, 4.69) is 20.6 Å². The Balaban J connectivity index is 1.69. The van der Waals surface area contributed by atoms with Crippen molar-refractivity contribution in [2.24, 2.45) is 0 Å². The molecule has 6 heteroatoms. The zero-order valence-electron chi connectivity index (χ0n) is 14.7. The number of benzene rings is 1. The monoisotopic (exact) mass is 340 g/mol. The molecule has 0 bridgehead atoms. The van der Waals surface area contributed by atoms with Crippen LogP contribution < -0.4 is 10.6 Å². The molecule has 0 aliphatic heterocycles. The lowest BCUT2D eigenvalue weighted by atomic mass is 10.2. The first kappa shape index (κ1) is 17.2. The second kappa shape index (κ2) is 7.96. The van der Waals surface area contributed by atoms with Gasteiger partial charge in [0.2, 0.25) is 5.95 Å². The number of rotatable bonds is 6. The van der Waals surface area contributed by atoms with Crippen molar-refractivity contribution in [3.63, 3.8) is 0 Å². The molecule has 0 spiro atoms. The molecule has 0 radical (unpaired) electrons. The average Bonchev–Trinajstić information content (AvgIpc) is 3.08. The van der Waals surface area contributed by atoms with Gasteiger partial charge in [0.1, 0.15) is 5.82 Å². The first-order chi connectivity index (χ1) is 12.1. The summed E-state index contributed by atoms with van der Waals surface area (Å²) in [6, 6.07) is 9.54. The summed E-state index contributed by atoms with van der Waals surface area (Å²) < 4.78 is 4.99. The lowest BCUT2D eigenvalue weighted by Crippen LogP contribution is -2.17. The number of aryl methyl sites for hydroxylation is 1. The second-order valence-electron chi connectivity index (χ2n) is 6.27. The Morgan fingerprint density at radius 2 is 1.92 bits per heavy atom. The number of ether oxygens (including phenoxy) is 1. The zero-order chi connectivity index (χ0) is 17.6. The molecule has 1 aromatic heterocycles. The van der Waals surface area contributed by atoms with Crippen molar-refractivity contribution >= 4 is 23.4 Å². The number of nitrogens with zero attached hydrogens (tertiary/aromatic N) is 2. The summed E-state index contributed by atoms with van der Waals surface area (Å²) in [4.78, 5) is 20.7. The van der Waals surface area contributed by atoms with Crippen LogP contribution in [0.4, 0.5) is 17.5 Å². The highest BCUT2D eigenvalue weighted by Gasteiger charge is 2.16. The summed E-state index contributed by atoms with van der Waals surface area (Å²) in [5.74, 6) is 1.09. The molecule has 1 fully saturated rings. The number of carbonyl (C=O) groups is 1. The summed E-state index contributed by atoms with van der Waals surface area (Å²) in [5, 5.41) is 6.69. The predicted octanol–water partition coefficient (Wildman–Crippen LogP) is 4.06. The van der Waals surface area contributed by atoms with E-state index >= 15 is 0 Å². The van der Waals surface area contributed by atoms with Crippen molar-refractivity contribution in [3.8, 4) is 0 Å². The van der Waals surface area contributed by atoms with Gasteiger partial charge in [-0.05, 0) is 51.0 Å². The van der Waals surface area contributed by atoms with E-state index in [0.717, 1.165) is 17.2 Å². The van der Waals surface area contributed by atoms with E-state index in [-0.39, 0.29) is 5.97 Å². The molecule has 25 heavy (non-hydrogen) atoms. The van der Waals surface area contributed by atoms with Crippen LogP contribution >= 0.6 is 0 Å². The van der Waals surface area contributed by atoms with Gasteiger partial charge in [-0.1, -0.05) is 12.8 Å². The molecule has 0 atom stereocenters. The molecular formula is C19H24N4O2. The van der Waals surface area contributed by atoms with Crippen molar-refractivity contribution < 1.29 is 9.53 Å². The van der Waals surface area contributed by atoms with Gasteiger partial charge >= 0.3 is 5.97 Å². The van der Waals surface area contributed by atoms with E-state index in [1.165, 1.54) is 25.7 Å². The number of hydrogen-bond acceptors (Lipinski definition) is 6. The predicted molar refractivity (Wildman–Crippen MR) is 98.3 cm³/mol. The minimum Gasteiger partial charge on any atom is -0.462 e. The van der Waals surface area contributed by atoms with Crippen LogP contribution in [0.15, 0.2) is 30.3 Å². The molecule has 0 unspecified atom stereocenters. The van der Waals surface area contributed by atoms with E-state index < -0.39 is 0 Å². The maximum Gasteiger partial charge on any atom is 0.338 e. The Morgan fingerprint density at radius 1 is 1.20 bits per heavy atom. The topological polar surface area (TPSA) is 76.1 Å². The van der Waals surface area contributed by atoms with E-state index in [9.17, 15) is 4.79 Å². The fourth-order valence-corrected chi connectivity index (χ4v) is 3.00. The Morgan fingerprint density at radius 3 is 2.60 bits per heavy atom. The molecule has 1 aliphatic carbocycles. The fourth-order valence-electron chi connectivity index (χ4n) is 3.00. The zero-order valence-corrected chi connectivity index (χ0v) is 14.7. The largest absolute Gasteiger partial charge is 0.462 e. The number of nitrogens with one attached hydrogen (secondary N) is 2. The van der Waals surface area contributed by atoms with Crippen LogP contribution in [0, 0.1) is 6.92 Å². The summed E-state index contributed by atoms with van der Waals surface area (Å²) in [6.07, 6.45) is 4.88. The van der Waals surface area contributed by atoms with Gasteiger partial charge in [-0.3, -0.25) is 0 Å². The van der Waals surface area contributed by atoms with Crippen LogP contribution in [0.3, 0.4) is 0 Å². The second-order valence-corrected chi connectivity index (χ2v) is 6.27. The van der Waals surface area contributed by atoms with Crippen LogP contribution in [0.1, 0.15) is 48.7 Å². The van der Waals surface area contributed by atoms with Gasteiger partial charge < -0.3 is 15.4 Å². The van der Waals surface area contributed by atoms with Crippen molar-refractivity contribution in [3.05, 3.63) is 41.6 Å². The Labute approximate surface area is 148 Å². The fraction of sp³-hybridized carbons (Fsp3) is 0.421. The maximum atomic E-state index is 11.7. The van der Waals surface area contributed by atoms with Crippen molar-refractivity contribution in [2.75, 3.05) is 17.2 Å². The highest BCUT2D eigenvalue weighted by atomic mass is 16.5. The van der Waals surface area contributed by atoms with Crippen molar-refractivity contribution in [1.29, 1.82) is 0 Å². The van der Waals surface area contributed by atoms with E-state index in [1.54, 1.807) is 19.1 Å². The first-order valence-corrected chi connectivity index (χ1v) is 8.80. The van der Waals surface area contributed by atoms with Crippen molar-refractivity contribution in [1.82, 2.24) is 9.97 Å². The average molecular weight is 340 g/mol. The number of hydrogen-bond donors (Lipinski definition) is 2. The maximum absolute atomic E-state index is 11.7. The molecule has 1 saturated carbocycles. The third-order valence-corrected chi connectivity index (χ3v) is 4.21. The third kappa shape index (κ3) is 4.68. The highest BCUT2D eigenvalue weighted by Crippen LogP contribution is 2.22. The van der Waals surface area contributed by atoms with E-state index in [0.29, 0.717) is 24.2 Å². The Bertz CT molecular complexity index is 725. The molecule has 1 heterocycles. The van der Waals surface area contributed by atoms with Gasteiger partial charge in [-0.2, -0.15) is 4.98 Å². The van der Waals surface area contributed by atoms with E-state index in [4.69, 9.17) is 4.74 Å². The van der Waals surface area contributed by atoms with Crippen LogP contribution in [0.2, 0.25) is 0 Å². The normalized spacial score (nSPS) is 14.3. The van der Waals surface area contributed by atoms with E-state index in [1.807, 2.05) is 25.1 Å². The molecule has 6 nitrogen and oxygen atoms in total. The van der Waals surface area contributed by atoms with Crippen LogP contribution in [-0.4, -0.2) is 28.6 Å². The van der Waals surface area contributed by atoms with Gasteiger partial charge in [0.15, 0.2) is 0 Å². The molecule has 3 rings (SSSR count). The molecule has 2 N–H and O–H groups in total. The molecular weight excluding hydrogens is 316 g/mol. The van der Waals surface area contributed by atoms with Gasteiger partial charge in [-0.15, -0.1) is 0 Å². The standard InChI is InChI=1S/C19H24N4O2/c1-3-25-18(24)14-8-10-16(11-9-14)21-17-12-13(2)20-19(23-17)22-15-6-4-5-7-15/h8-12,15H,3-7H2,1-2H3,(H2,20,21,22,23). The van der Waals surface area contributed by atoms with Crippen LogP contribution in [0.25, 0.3) is 0 Å². The number of esters is 1. The summed E-state index contributed by atoms with van der Waals surface area (Å²) in [6.45, 7) is 4.12. The molecule has 0 amide bonds. The molecule has 0 saturated heterocycles. The van der Waals surface area contributed by atoms with Gasteiger partial charge in [0.25, 0.3) is 0 Å². The quantitative estimate of drug-likeness (QED) is 0.772. The molecule has 2 aromatic rings. The first-order valence-electron chi connectivity index (χ1n) is 8.80. The third-order valence-electron chi connectivity index (χ3n) is 4.21. The Kier molecular flexibility index (Phi) is 5.48. The van der Waals surface area contributed by atoms with Crippen LogP contribution in [0.5, 0.6) is 0 Å². The van der Waals surface area contributed by atoms with Crippen molar-refractivity contribution in [2.45, 2.75) is 45.6 Å². The number of carbonyl (C=O) groups excluding carboxylic acids is 1. The number of anilines is 3. The molecule has 1 aliphatic rings. The highest BCUT2D eigenvalue weighted by molar-refractivity contribution is 5.89. The van der Waals surface area contributed by atoms with Gasteiger partial charge in [0.05, 0.1) is 12.2 Å². The smallest absolute Gasteiger partial charge is 0.338 e. The summed E-state index contributed by atoms with van der Waals surface area (Å²) >= 11 is 0. The van der Waals surface area contributed by atoms with Crippen LogP contribution in [-0.2, 0) is 4.74 Å². The van der Waals surface area contributed by atoms with Gasteiger partial charge in [-0.25, -0.2) is 9.78 Å². The molecule has 1 aromatic carbocycles. The summed E-state index contributed by atoms with van der Waals surface area (Å²) in [5.41, 5.74) is 2.30.